The molecule has 2 amide bonds. The molecule has 0 atom stereocenters. The summed E-state index contributed by atoms with van der Waals surface area (Å²) < 4.78 is 5.29. The Kier molecular flexibility index (Phi) is 6.78. The third kappa shape index (κ3) is 5.34. The number of hydrogen-bond acceptors (Lipinski definition) is 3. The minimum absolute atomic E-state index is 0.00358. The van der Waals surface area contributed by atoms with E-state index in [-0.39, 0.29) is 35.4 Å². The van der Waals surface area contributed by atoms with Gasteiger partial charge in [-0.1, -0.05) is 45.9 Å². The highest BCUT2D eigenvalue weighted by Gasteiger charge is 2.23. The first kappa shape index (κ1) is 19.5. The standard InChI is InChI=1S/C21H26N2O3/c1-14(2)19(15(3)4)23-21(25)18(13-17-11-8-12-26-17)22-20(24)16-9-6-5-7-10-16/h5-15,19H,1-4H3,(H,22,24)(H,23,25)/b18-13-. The summed E-state index contributed by atoms with van der Waals surface area (Å²) in [5, 5.41) is 5.73. The van der Waals surface area contributed by atoms with Crippen molar-refractivity contribution in [3.63, 3.8) is 0 Å². The number of hydrogen-bond donors (Lipinski definition) is 2. The van der Waals surface area contributed by atoms with Crippen LogP contribution in [0.3, 0.4) is 0 Å². The molecule has 5 heteroatoms. The van der Waals surface area contributed by atoms with Crippen molar-refractivity contribution >= 4 is 17.9 Å². The zero-order chi connectivity index (χ0) is 19.1. The molecule has 138 valence electrons. The number of amides is 2. The van der Waals surface area contributed by atoms with E-state index in [1.54, 1.807) is 36.4 Å². The minimum Gasteiger partial charge on any atom is -0.465 e. The molecule has 1 aromatic heterocycles. The number of carbonyl (C=O) groups is 2. The van der Waals surface area contributed by atoms with Crippen LogP contribution in [0.1, 0.15) is 43.8 Å². The minimum atomic E-state index is -0.343. The second-order valence-corrected chi connectivity index (χ2v) is 6.88. The molecule has 5 nitrogen and oxygen atoms in total. The van der Waals surface area contributed by atoms with Gasteiger partial charge in [-0.15, -0.1) is 0 Å². The molecular formula is C21H26N2O3. The first-order chi connectivity index (χ1) is 12.4. The monoisotopic (exact) mass is 354 g/mol. The van der Waals surface area contributed by atoms with Gasteiger partial charge in [0.2, 0.25) is 0 Å². The maximum absolute atomic E-state index is 12.8. The van der Waals surface area contributed by atoms with Gasteiger partial charge in [-0.3, -0.25) is 9.59 Å². The summed E-state index contributed by atoms with van der Waals surface area (Å²) in [5.41, 5.74) is 0.634. The van der Waals surface area contributed by atoms with E-state index in [0.717, 1.165) is 0 Å². The Morgan fingerprint density at radius 2 is 1.62 bits per heavy atom. The molecule has 1 heterocycles. The zero-order valence-electron chi connectivity index (χ0n) is 15.7. The van der Waals surface area contributed by atoms with Crippen LogP contribution in [-0.2, 0) is 4.79 Å². The third-order valence-corrected chi connectivity index (χ3v) is 4.09. The van der Waals surface area contributed by atoms with Crippen molar-refractivity contribution in [2.45, 2.75) is 33.7 Å². The Bertz CT molecular complexity index is 739. The fourth-order valence-corrected chi connectivity index (χ4v) is 2.79. The predicted molar refractivity (Wildman–Crippen MR) is 102 cm³/mol. The Labute approximate surface area is 154 Å². The summed E-state index contributed by atoms with van der Waals surface area (Å²) in [6, 6.07) is 12.2. The molecule has 2 rings (SSSR count). The quantitative estimate of drug-likeness (QED) is 0.742. The summed E-state index contributed by atoms with van der Waals surface area (Å²) in [7, 11) is 0. The summed E-state index contributed by atoms with van der Waals surface area (Å²) in [5.74, 6) is 0.360. The van der Waals surface area contributed by atoms with E-state index in [4.69, 9.17) is 4.42 Å². The molecular weight excluding hydrogens is 328 g/mol. The third-order valence-electron chi connectivity index (χ3n) is 4.09. The fourth-order valence-electron chi connectivity index (χ4n) is 2.79. The molecule has 0 fully saturated rings. The SMILES string of the molecule is CC(C)C(NC(=O)/C(=C/c1ccco1)NC(=O)c1ccccc1)C(C)C. The molecule has 0 bridgehead atoms. The molecule has 0 radical (unpaired) electrons. The van der Waals surface area contributed by atoms with Crippen molar-refractivity contribution in [3.8, 4) is 0 Å². The van der Waals surface area contributed by atoms with E-state index in [1.807, 2.05) is 6.07 Å². The number of rotatable bonds is 7. The Hall–Kier alpha value is -2.82. The summed E-state index contributed by atoms with van der Waals surface area (Å²) in [6.45, 7) is 8.24. The number of benzene rings is 1. The molecule has 0 saturated carbocycles. The lowest BCUT2D eigenvalue weighted by molar-refractivity contribution is -0.119. The van der Waals surface area contributed by atoms with Crippen molar-refractivity contribution < 1.29 is 14.0 Å². The van der Waals surface area contributed by atoms with E-state index in [1.165, 1.54) is 12.3 Å². The second-order valence-electron chi connectivity index (χ2n) is 6.88. The summed E-state index contributed by atoms with van der Waals surface area (Å²) >= 11 is 0. The van der Waals surface area contributed by atoms with Crippen LogP contribution in [-0.4, -0.2) is 17.9 Å². The van der Waals surface area contributed by atoms with Gasteiger partial charge in [-0.25, -0.2) is 0 Å². The Morgan fingerprint density at radius 3 is 2.15 bits per heavy atom. The van der Waals surface area contributed by atoms with Gasteiger partial charge in [-0.05, 0) is 36.1 Å². The number of nitrogens with one attached hydrogen (secondary N) is 2. The molecule has 0 aliphatic heterocycles. The number of carbonyl (C=O) groups excluding carboxylic acids is 2. The predicted octanol–water partition coefficient (Wildman–Crippen LogP) is 3.85. The van der Waals surface area contributed by atoms with Gasteiger partial charge in [0.1, 0.15) is 11.5 Å². The van der Waals surface area contributed by atoms with Crippen LogP contribution in [0.2, 0.25) is 0 Å². The Morgan fingerprint density at radius 1 is 0.962 bits per heavy atom. The van der Waals surface area contributed by atoms with Crippen LogP contribution in [0, 0.1) is 11.8 Å². The first-order valence-corrected chi connectivity index (χ1v) is 8.81. The average Bonchev–Trinajstić information content (AvgIpc) is 3.12. The van der Waals surface area contributed by atoms with Crippen LogP contribution in [0.4, 0.5) is 0 Å². The molecule has 0 unspecified atom stereocenters. The molecule has 0 aliphatic carbocycles. The van der Waals surface area contributed by atoms with Gasteiger partial charge in [0, 0.05) is 17.7 Å². The van der Waals surface area contributed by atoms with E-state index in [2.05, 4.69) is 38.3 Å². The zero-order valence-corrected chi connectivity index (χ0v) is 15.7. The molecule has 26 heavy (non-hydrogen) atoms. The molecule has 0 saturated heterocycles. The molecule has 2 aromatic rings. The maximum atomic E-state index is 12.8. The molecule has 2 N–H and O–H groups in total. The highest BCUT2D eigenvalue weighted by Crippen LogP contribution is 2.14. The van der Waals surface area contributed by atoms with Crippen LogP contribution in [0.25, 0.3) is 6.08 Å². The normalized spacial score (nSPS) is 11.9. The largest absolute Gasteiger partial charge is 0.465 e. The van der Waals surface area contributed by atoms with Gasteiger partial charge >= 0.3 is 0 Å². The fraction of sp³-hybridized carbons (Fsp3) is 0.333. The lowest BCUT2D eigenvalue weighted by atomic mass is 9.93. The van der Waals surface area contributed by atoms with Crippen molar-refractivity contribution in [1.29, 1.82) is 0 Å². The maximum Gasteiger partial charge on any atom is 0.268 e. The Balaban J connectivity index is 2.24. The molecule has 0 aliphatic rings. The van der Waals surface area contributed by atoms with Crippen molar-refractivity contribution in [2.24, 2.45) is 11.8 Å². The topological polar surface area (TPSA) is 71.3 Å². The van der Waals surface area contributed by atoms with Crippen molar-refractivity contribution in [2.75, 3.05) is 0 Å². The smallest absolute Gasteiger partial charge is 0.268 e. The second kappa shape index (κ2) is 9.04. The average molecular weight is 354 g/mol. The lowest BCUT2D eigenvalue weighted by Gasteiger charge is -2.26. The van der Waals surface area contributed by atoms with Crippen LogP contribution in [0.15, 0.2) is 58.8 Å². The van der Waals surface area contributed by atoms with Gasteiger partial charge in [0.25, 0.3) is 11.8 Å². The van der Waals surface area contributed by atoms with Crippen molar-refractivity contribution in [1.82, 2.24) is 10.6 Å². The highest BCUT2D eigenvalue weighted by atomic mass is 16.3. The van der Waals surface area contributed by atoms with E-state index in [0.29, 0.717) is 11.3 Å². The van der Waals surface area contributed by atoms with E-state index >= 15 is 0 Å². The highest BCUT2D eigenvalue weighted by molar-refractivity contribution is 6.05. The molecule has 1 aromatic carbocycles. The summed E-state index contributed by atoms with van der Waals surface area (Å²) in [6.07, 6.45) is 3.05. The number of furan rings is 1. The van der Waals surface area contributed by atoms with Crippen LogP contribution >= 0.6 is 0 Å². The van der Waals surface area contributed by atoms with Gasteiger partial charge in [-0.2, -0.15) is 0 Å². The van der Waals surface area contributed by atoms with Crippen LogP contribution in [0.5, 0.6) is 0 Å². The van der Waals surface area contributed by atoms with Gasteiger partial charge in [0.05, 0.1) is 6.26 Å². The van der Waals surface area contributed by atoms with Crippen molar-refractivity contribution in [3.05, 3.63) is 65.7 Å². The lowest BCUT2D eigenvalue weighted by Crippen LogP contribution is -2.45. The van der Waals surface area contributed by atoms with E-state index < -0.39 is 0 Å². The van der Waals surface area contributed by atoms with Gasteiger partial charge in [0.15, 0.2) is 0 Å². The summed E-state index contributed by atoms with van der Waals surface area (Å²) in [4.78, 5) is 25.3. The first-order valence-electron chi connectivity index (χ1n) is 8.81. The van der Waals surface area contributed by atoms with Crippen LogP contribution < -0.4 is 10.6 Å². The van der Waals surface area contributed by atoms with Gasteiger partial charge < -0.3 is 15.1 Å². The molecule has 0 spiro atoms. The van der Waals surface area contributed by atoms with E-state index in [9.17, 15) is 9.59 Å².